The molecule has 1 aliphatic rings. The summed E-state index contributed by atoms with van der Waals surface area (Å²) in [6, 6.07) is 0. The molecule has 0 spiro atoms. The van der Waals surface area contributed by atoms with Crippen molar-refractivity contribution in [2.45, 2.75) is 38.9 Å². The van der Waals surface area contributed by atoms with Gasteiger partial charge in [0.1, 0.15) is 5.66 Å². The molecule has 0 bridgehead atoms. The van der Waals surface area contributed by atoms with Gasteiger partial charge in [0, 0.05) is 18.8 Å². The zero-order chi connectivity index (χ0) is 11.1. The molecule has 14 heavy (non-hydrogen) atoms. The Labute approximate surface area is 91.5 Å². The lowest BCUT2D eigenvalue weighted by Crippen LogP contribution is -2.61. The van der Waals surface area contributed by atoms with Crippen LogP contribution in [0.15, 0.2) is 12.3 Å². The largest absolute Gasteiger partial charge is 0.330 e. The molecule has 0 fully saturated rings. The van der Waals surface area contributed by atoms with Crippen molar-refractivity contribution in [3.8, 4) is 0 Å². The number of likely N-dealkylation sites (N-methyl/N-ethyl adjacent to an activating group) is 1. The third-order valence-electron chi connectivity index (χ3n) is 2.50. The normalized spacial score (nSPS) is 28.6. The van der Waals surface area contributed by atoms with Crippen molar-refractivity contribution >= 4 is 17.3 Å². The van der Waals surface area contributed by atoms with Gasteiger partial charge in [-0.1, -0.05) is 0 Å². The maximum absolute atomic E-state index is 6.04. The van der Waals surface area contributed by atoms with Crippen molar-refractivity contribution in [1.82, 2.24) is 9.80 Å². The standard InChI is InChI=1S/C10H19N3S/c1-9(2,3)13-7-6-10(4,11)12(5)8(13)14/h6-7H,11H2,1-5H3. The predicted octanol–water partition coefficient (Wildman–Crippen LogP) is 1.51. The van der Waals surface area contributed by atoms with Crippen LogP contribution in [0.25, 0.3) is 0 Å². The van der Waals surface area contributed by atoms with E-state index in [-0.39, 0.29) is 5.54 Å². The molecule has 80 valence electrons. The third kappa shape index (κ3) is 1.91. The molecule has 1 atom stereocenters. The first kappa shape index (κ1) is 11.5. The minimum absolute atomic E-state index is 0.00164. The lowest BCUT2D eigenvalue weighted by atomic mass is 10.0. The Balaban J connectivity index is 3.03. The number of hydrogen-bond donors (Lipinski definition) is 1. The molecule has 3 nitrogen and oxygen atoms in total. The summed E-state index contributed by atoms with van der Waals surface area (Å²) in [6.45, 7) is 8.31. The van der Waals surface area contributed by atoms with Crippen LogP contribution < -0.4 is 5.73 Å². The number of nitrogens with zero attached hydrogens (tertiary/aromatic N) is 2. The molecule has 0 radical (unpaired) electrons. The smallest absolute Gasteiger partial charge is 0.177 e. The second-order valence-corrected chi connectivity index (χ2v) is 5.29. The molecule has 0 saturated heterocycles. The van der Waals surface area contributed by atoms with Crippen LogP contribution in [0.3, 0.4) is 0 Å². The second-order valence-electron chi connectivity index (χ2n) is 4.92. The molecule has 1 rings (SSSR count). The number of rotatable bonds is 0. The van der Waals surface area contributed by atoms with Crippen molar-refractivity contribution in [2.24, 2.45) is 5.73 Å². The molecule has 0 saturated carbocycles. The van der Waals surface area contributed by atoms with Crippen molar-refractivity contribution in [1.29, 1.82) is 0 Å². The number of thiocarbonyl (C=S) groups is 1. The lowest BCUT2D eigenvalue weighted by Gasteiger charge is -2.47. The Hall–Kier alpha value is -0.610. The van der Waals surface area contributed by atoms with Gasteiger partial charge in [-0.3, -0.25) is 0 Å². The molecular weight excluding hydrogens is 194 g/mol. The van der Waals surface area contributed by atoms with Gasteiger partial charge in [-0.15, -0.1) is 0 Å². The molecule has 1 heterocycles. The molecule has 0 aromatic heterocycles. The van der Waals surface area contributed by atoms with E-state index in [0.717, 1.165) is 5.11 Å². The molecule has 4 heteroatoms. The Morgan fingerprint density at radius 1 is 1.43 bits per heavy atom. The predicted molar refractivity (Wildman–Crippen MR) is 63.7 cm³/mol. The maximum Gasteiger partial charge on any atom is 0.177 e. The van der Waals surface area contributed by atoms with E-state index in [2.05, 4.69) is 25.7 Å². The Bertz CT molecular complexity index is 276. The summed E-state index contributed by atoms with van der Waals surface area (Å²) in [5, 5.41) is 0.769. The Morgan fingerprint density at radius 3 is 2.36 bits per heavy atom. The monoisotopic (exact) mass is 213 g/mol. The van der Waals surface area contributed by atoms with Gasteiger partial charge in [-0.25, -0.2) is 0 Å². The van der Waals surface area contributed by atoms with E-state index in [1.165, 1.54) is 0 Å². The fourth-order valence-corrected chi connectivity index (χ4v) is 1.81. The van der Waals surface area contributed by atoms with Gasteiger partial charge in [0.25, 0.3) is 0 Å². The Kier molecular flexibility index (Phi) is 2.63. The van der Waals surface area contributed by atoms with Crippen molar-refractivity contribution in [3.63, 3.8) is 0 Å². The fraction of sp³-hybridized carbons (Fsp3) is 0.700. The molecule has 0 amide bonds. The van der Waals surface area contributed by atoms with Crippen molar-refractivity contribution < 1.29 is 0 Å². The molecular formula is C10H19N3S. The summed E-state index contributed by atoms with van der Waals surface area (Å²) in [5.41, 5.74) is 5.57. The van der Waals surface area contributed by atoms with E-state index in [4.69, 9.17) is 18.0 Å². The molecule has 2 N–H and O–H groups in total. The average Bonchev–Trinajstić information content (AvgIpc) is 1.97. The molecule has 0 aliphatic carbocycles. The summed E-state index contributed by atoms with van der Waals surface area (Å²) in [6.07, 6.45) is 3.94. The number of hydrogen-bond acceptors (Lipinski definition) is 2. The first-order chi connectivity index (χ1) is 6.16. The van der Waals surface area contributed by atoms with Crippen LogP contribution in [0.5, 0.6) is 0 Å². The van der Waals surface area contributed by atoms with Gasteiger partial charge in [0.15, 0.2) is 5.11 Å². The zero-order valence-electron chi connectivity index (χ0n) is 9.53. The van der Waals surface area contributed by atoms with Crippen LogP contribution in [-0.2, 0) is 0 Å². The zero-order valence-corrected chi connectivity index (χ0v) is 10.4. The lowest BCUT2D eigenvalue weighted by molar-refractivity contribution is 0.209. The summed E-state index contributed by atoms with van der Waals surface area (Å²) < 4.78 is 0. The highest BCUT2D eigenvalue weighted by atomic mass is 32.1. The van der Waals surface area contributed by atoms with Crippen LogP contribution in [0.4, 0.5) is 0 Å². The van der Waals surface area contributed by atoms with Crippen LogP contribution in [-0.4, -0.2) is 33.2 Å². The second kappa shape index (κ2) is 3.21. The van der Waals surface area contributed by atoms with Crippen LogP contribution in [0, 0.1) is 0 Å². The summed E-state index contributed by atoms with van der Waals surface area (Å²) >= 11 is 5.37. The summed E-state index contributed by atoms with van der Waals surface area (Å²) in [5.74, 6) is 0. The highest BCUT2D eigenvalue weighted by Crippen LogP contribution is 2.24. The van der Waals surface area contributed by atoms with Crippen molar-refractivity contribution in [3.05, 3.63) is 12.3 Å². The minimum Gasteiger partial charge on any atom is -0.330 e. The highest BCUT2D eigenvalue weighted by Gasteiger charge is 2.34. The molecule has 0 aromatic rings. The molecule has 1 unspecified atom stereocenters. The van der Waals surface area contributed by atoms with Gasteiger partial charge in [0.05, 0.1) is 0 Å². The highest BCUT2D eigenvalue weighted by molar-refractivity contribution is 7.80. The van der Waals surface area contributed by atoms with E-state index in [0.29, 0.717) is 0 Å². The number of nitrogens with two attached hydrogens (primary N) is 1. The van der Waals surface area contributed by atoms with E-state index in [1.54, 1.807) is 0 Å². The third-order valence-corrected chi connectivity index (χ3v) is 2.97. The van der Waals surface area contributed by atoms with E-state index < -0.39 is 5.66 Å². The molecule has 0 aromatic carbocycles. The fourth-order valence-electron chi connectivity index (χ4n) is 1.28. The van der Waals surface area contributed by atoms with Gasteiger partial charge in [0.2, 0.25) is 0 Å². The quantitative estimate of drug-likeness (QED) is 0.618. The van der Waals surface area contributed by atoms with Crippen LogP contribution >= 0.6 is 12.2 Å². The maximum atomic E-state index is 6.04. The van der Waals surface area contributed by atoms with Gasteiger partial charge in [-0.05, 0) is 46.0 Å². The first-order valence-corrected chi connectivity index (χ1v) is 5.12. The SMILES string of the molecule is CN1C(=S)N(C(C)(C)C)C=CC1(C)N. The summed E-state index contributed by atoms with van der Waals surface area (Å²) in [4.78, 5) is 3.96. The minimum atomic E-state index is -0.473. The van der Waals surface area contributed by atoms with E-state index in [1.807, 2.05) is 31.1 Å². The van der Waals surface area contributed by atoms with E-state index >= 15 is 0 Å². The van der Waals surface area contributed by atoms with Crippen LogP contribution in [0.1, 0.15) is 27.7 Å². The van der Waals surface area contributed by atoms with Gasteiger partial charge < -0.3 is 15.5 Å². The van der Waals surface area contributed by atoms with Gasteiger partial charge >= 0.3 is 0 Å². The first-order valence-electron chi connectivity index (χ1n) is 4.71. The topological polar surface area (TPSA) is 32.5 Å². The Morgan fingerprint density at radius 2 is 1.93 bits per heavy atom. The summed E-state index contributed by atoms with van der Waals surface area (Å²) in [7, 11) is 1.92. The average molecular weight is 213 g/mol. The van der Waals surface area contributed by atoms with Gasteiger partial charge in [-0.2, -0.15) is 0 Å². The van der Waals surface area contributed by atoms with E-state index in [9.17, 15) is 0 Å². The molecule has 1 aliphatic heterocycles. The van der Waals surface area contributed by atoms with Crippen LogP contribution in [0.2, 0.25) is 0 Å². The van der Waals surface area contributed by atoms with Crippen molar-refractivity contribution in [2.75, 3.05) is 7.05 Å².